The summed E-state index contributed by atoms with van der Waals surface area (Å²) in [7, 11) is 1.72. The van der Waals surface area contributed by atoms with E-state index in [0.29, 0.717) is 6.54 Å². The Labute approximate surface area is 190 Å². The summed E-state index contributed by atoms with van der Waals surface area (Å²) in [6, 6.07) is 19.1. The fourth-order valence-corrected chi connectivity index (χ4v) is 4.36. The van der Waals surface area contributed by atoms with Gasteiger partial charge in [-0.1, -0.05) is 36.4 Å². The third-order valence-electron chi connectivity index (χ3n) is 6.01. The minimum atomic E-state index is 0.270. The van der Waals surface area contributed by atoms with Crippen molar-refractivity contribution >= 4 is 16.7 Å². The summed E-state index contributed by atoms with van der Waals surface area (Å²) < 4.78 is 5.47. The van der Waals surface area contributed by atoms with Crippen LogP contribution >= 0.6 is 0 Å². The molecular formula is C26H33N5O. The molecule has 1 aliphatic heterocycles. The van der Waals surface area contributed by atoms with E-state index in [0.717, 1.165) is 49.0 Å². The molecule has 1 aliphatic rings. The van der Waals surface area contributed by atoms with E-state index in [1.165, 1.54) is 23.8 Å². The van der Waals surface area contributed by atoms with Crippen molar-refractivity contribution in [2.45, 2.75) is 32.4 Å². The Morgan fingerprint density at radius 1 is 1.09 bits per heavy atom. The van der Waals surface area contributed by atoms with E-state index < -0.39 is 0 Å². The zero-order valence-electron chi connectivity index (χ0n) is 19.1. The molecule has 4 rings (SSSR count). The predicted octanol–water partition coefficient (Wildman–Crippen LogP) is 4.14. The topological polar surface area (TPSA) is 61.8 Å². The van der Waals surface area contributed by atoms with Crippen molar-refractivity contribution < 1.29 is 4.74 Å². The van der Waals surface area contributed by atoms with Crippen molar-refractivity contribution in [1.82, 2.24) is 20.5 Å². The van der Waals surface area contributed by atoms with Crippen LogP contribution in [0.25, 0.3) is 10.8 Å². The van der Waals surface area contributed by atoms with Gasteiger partial charge in [0.15, 0.2) is 5.96 Å². The van der Waals surface area contributed by atoms with Gasteiger partial charge in [0, 0.05) is 24.7 Å². The highest BCUT2D eigenvalue weighted by molar-refractivity contribution is 5.85. The van der Waals surface area contributed by atoms with Crippen molar-refractivity contribution in [3.05, 3.63) is 72.1 Å². The van der Waals surface area contributed by atoms with Crippen molar-refractivity contribution in [1.29, 1.82) is 0 Å². The molecule has 0 spiro atoms. The Bertz CT molecular complexity index is 1040. The highest BCUT2D eigenvalue weighted by Crippen LogP contribution is 2.27. The van der Waals surface area contributed by atoms with Crippen LogP contribution in [0, 0.1) is 0 Å². The van der Waals surface area contributed by atoms with Crippen LogP contribution in [0.4, 0.5) is 0 Å². The van der Waals surface area contributed by atoms with Gasteiger partial charge in [-0.05, 0) is 62.0 Å². The van der Waals surface area contributed by atoms with Gasteiger partial charge in [0.1, 0.15) is 5.75 Å². The second kappa shape index (κ2) is 11.0. The first kappa shape index (κ1) is 22.1. The third kappa shape index (κ3) is 5.37. The fourth-order valence-electron chi connectivity index (χ4n) is 4.36. The molecule has 1 fully saturated rings. The fraction of sp³-hybridized carbons (Fsp3) is 0.385. The smallest absolute Gasteiger partial charge is 0.191 e. The SMILES string of the molecule is CCNC(=NCc1nccc2ccccc12)NCC(c1cccc(OC)c1)N1CCCC1. The van der Waals surface area contributed by atoms with Gasteiger partial charge in [0.25, 0.3) is 0 Å². The number of hydrogen-bond acceptors (Lipinski definition) is 4. The van der Waals surface area contributed by atoms with E-state index in [-0.39, 0.29) is 6.04 Å². The van der Waals surface area contributed by atoms with Gasteiger partial charge < -0.3 is 15.4 Å². The van der Waals surface area contributed by atoms with Crippen LogP contribution in [0.3, 0.4) is 0 Å². The lowest BCUT2D eigenvalue weighted by Gasteiger charge is -2.29. The minimum absolute atomic E-state index is 0.270. The number of methoxy groups -OCH3 is 1. The molecule has 3 aromatic rings. The summed E-state index contributed by atoms with van der Waals surface area (Å²) in [6.45, 7) is 6.45. The summed E-state index contributed by atoms with van der Waals surface area (Å²) in [5.74, 6) is 1.71. The van der Waals surface area contributed by atoms with Crippen LogP contribution in [0.15, 0.2) is 65.8 Å². The molecule has 1 atom stereocenters. The van der Waals surface area contributed by atoms with E-state index in [1.807, 2.05) is 18.3 Å². The highest BCUT2D eigenvalue weighted by atomic mass is 16.5. The first-order valence-corrected chi connectivity index (χ1v) is 11.5. The maximum absolute atomic E-state index is 5.47. The molecule has 2 N–H and O–H groups in total. The number of aliphatic imine (C=N–C) groups is 1. The number of pyridine rings is 1. The Morgan fingerprint density at radius 2 is 1.94 bits per heavy atom. The normalized spacial score (nSPS) is 15.6. The second-order valence-electron chi connectivity index (χ2n) is 8.09. The Hall–Kier alpha value is -3.12. The standard InChI is InChI=1S/C26H33N5O/c1-3-27-26(29-18-24-23-12-5-4-9-20(23)13-14-28-24)30-19-25(31-15-6-7-16-31)21-10-8-11-22(17-21)32-2/h4-5,8-14,17,25H,3,6-7,15-16,18-19H2,1-2H3,(H2,27,29,30). The van der Waals surface area contributed by atoms with Crippen molar-refractivity contribution in [2.75, 3.05) is 33.3 Å². The number of aromatic nitrogens is 1. The summed E-state index contributed by atoms with van der Waals surface area (Å²) in [5, 5.41) is 9.32. The maximum atomic E-state index is 5.47. The first-order valence-electron chi connectivity index (χ1n) is 11.5. The Morgan fingerprint density at radius 3 is 2.75 bits per heavy atom. The molecule has 0 bridgehead atoms. The van der Waals surface area contributed by atoms with Gasteiger partial charge in [0.2, 0.25) is 0 Å². The molecule has 1 saturated heterocycles. The summed E-state index contributed by atoms with van der Waals surface area (Å²) in [4.78, 5) is 12.0. The van der Waals surface area contributed by atoms with Crippen molar-refractivity contribution in [3.63, 3.8) is 0 Å². The number of rotatable bonds is 8. The first-order chi connectivity index (χ1) is 15.8. The number of likely N-dealkylation sites (tertiary alicyclic amines) is 1. The van der Waals surface area contributed by atoms with Gasteiger partial charge in [0.05, 0.1) is 25.4 Å². The minimum Gasteiger partial charge on any atom is -0.497 e. The number of fused-ring (bicyclic) bond motifs is 1. The molecule has 0 radical (unpaired) electrons. The van der Waals surface area contributed by atoms with Gasteiger partial charge in [-0.25, -0.2) is 4.99 Å². The van der Waals surface area contributed by atoms with Crippen LogP contribution in [-0.4, -0.2) is 49.1 Å². The monoisotopic (exact) mass is 431 g/mol. The molecule has 6 nitrogen and oxygen atoms in total. The Balaban J connectivity index is 1.51. The van der Waals surface area contributed by atoms with Crippen molar-refractivity contribution in [3.8, 4) is 5.75 Å². The number of guanidine groups is 1. The third-order valence-corrected chi connectivity index (χ3v) is 6.01. The van der Waals surface area contributed by atoms with Crippen LogP contribution in [0.1, 0.15) is 37.1 Å². The molecular weight excluding hydrogens is 398 g/mol. The van der Waals surface area contributed by atoms with E-state index in [1.54, 1.807) is 7.11 Å². The Kier molecular flexibility index (Phi) is 7.56. The number of ether oxygens (including phenoxy) is 1. The molecule has 168 valence electrons. The summed E-state index contributed by atoms with van der Waals surface area (Å²) >= 11 is 0. The van der Waals surface area contributed by atoms with Gasteiger partial charge >= 0.3 is 0 Å². The van der Waals surface area contributed by atoms with E-state index in [2.05, 4.69) is 69.9 Å². The molecule has 0 saturated carbocycles. The van der Waals surface area contributed by atoms with Gasteiger partial charge in [-0.3, -0.25) is 9.88 Å². The number of hydrogen-bond donors (Lipinski definition) is 2. The van der Waals surface area contributed by atoms with E-state index in [9.17, 15) is 0 Å². The predicted molar refractivity (Wildman–Crippen MR) is 131 cm³/mol. The average Bonchev–Trinajstić information content (AvgIpc) is 3.37. The largest absolute Gasteiger partial charge is 0.497 e. The van der Waals surface area contributed by atoms with Crippen LogP contribution in [0.2, 0.25) is 0 Å². The van der Waals surface area contributed by atoms with Gasteiger partial charge in [-0.2, -0.15) is 0 Å². The molecule has 32 heavy (non-hydrogen) atoms. The molecule has 2 heterocycles. The highest BCUT2D eigenvalue weighted by Gasteiger charge is 2.24. The number of nitrogens with zero attached hydrogens (tertiary/aromatic N) is 3. The molecule has 0 aliphatic carbocycles. The quantitative estimate of drug-likeness (QED) is 0.415. The number of benzene rings is 2. The van der Waals surface area contributed by atoms with Gasteiger partial charge in [-0.15, -0.1) is 0 Å². The average molecular weight is 432 g/mol. The lowest BCUT2D eigenvalue weighted by molar-refractivity contribution is 0.245. The lowest BCUT2D eigenvalue weighted by atomic mass is 10.1. The zero-order chi connectivity index (χ0) is 22.2. The molecule has 1 unspecified atom stereocenters. The van der Waals surface area contributed by atoms with E-state index in [4.69, 9.17) is 9.73 Å². The molecule has 6 heteroatoms. The molecule has 0 amide bonds. The maximum Gasteiger partial charge on any atom is 0.191 e. The second-order valence-corrected chi connectivity index (χ2v) is 8.09. The van der Waals surface area contributed by atoms with Crippen LogP contribution in [-0.2, 0) is 6.54 Å². The van der Waals surface area contributed by atoms with Crippen molar-refractivity contribution in [2.24, 2.45) is 4.99 Å². The zero-order valence-corrected chi connectivity index (χ0v) is 19.1. The summed E-state index contributed by atoms with van der Waals surface area (Å²) in [6.07, 6.45) is 4.36. The van der Waals surface area contributed by atoms with Crippen LogP contribution < -0.4 is 15.4 Å². The molecule has 2 aromatic carbocycles. The van der Waals surface area contributed by atoms with Crippen LogP contribution in [0.5, 0.6) is 5.75 Å². The number of nitrogens with one attached hydrogen (secondary N) is 2. The lowest BCUT2D eigenvalue weighted by Crippen LogP contribution is -2.42. The van der Waals surface area contributed by atoms with E-state index >= 15 is 0 Å². The molecule has 1 aromatic heterocycles. The summed E-state index contributed by atoms with van der Waals surface area (Å²) in [5.41, 5.74) is 2.26.